The minimum Gasteiger partial charge on any atom is -0.329 e. The largest absolute Gasteiger partial charge is 0.329 e. The monoisotopic (exact) mass is 278 g/mol. The van der Waals surface area contributed by atoms with Crippen molar-refractivity contribution in [3.63, 3.8) is 0 Å². The number of likely N-dealkylation sites (N-methyl/N-ethyl adjacent to an activating group) is 1. The lowest BCUT2D eigenvalue weighted by Crippen LogP contribution is -2.54. The Bertz CT molecular complexity index is 472. The van der Waals surface area contributed by atoms with Gasteiger partial charge in [-0.1, -0.05) is 32.9 Å². The van der Waals surface area contributed by atoms with Gasteiger partial charge in [-0.05, 0) is 48.9 Å². The quantitative estimate of drug-likeness (QED) is 0.914. The van der Waals surface area contributed by atoms with E-state index in [1.54, 1.807) is 12.1 Å². The number of nitrogens with zero attached hydrogens (tertiary/aromatic N) is 1. The van der Waals surface area contributed by atoms with Crippen LogP contribution in [0.5, 0.6) is 0 Å². The lowest BCUT2D eigenvalue weighted by atomic mass is 9.84. The zero-order valence-corrected chi connectivity index (χ0v) is 13.1. The standard InChI is InChI=1S/C17H27FN2/c1-13-9-16(2,3)11-17(13,12-19)20(4)10-14-6-5-7-15(18)8-14/h5-8,13H,9-12,19H2,1-4H3. The molecule has 2 rings (SSSR count). The van der Waals surface area contributed by atoms with E-state index >= 15 is 0 Å². The summed E-state index contributed by atoms with van der Waals surface area (Å²) >= 11 is 0. The van der Waals surface area contributed by atoms with Crippen molar-refractivity contribution >= 4 is 0 Å². The third-order valence-electron chi connectivity index (χ3n) is 4.98. The molecular weight excluding hydrogens is 251 g/mol. The van der Waals surface area contributed by atoms with Gasteiger partial charge in [-0.25, -0.2) is 4.39 Å². The summed E-state index contributed by atoms with van der Waals surface area (Å²) in [6, 6.07) is 6.86. The highest BCUT2D eigenvalue weighted by molar-refractivity contribution is 5.17. The molecule has 3 heteroatoms. The van der Waals surface area contributed by atoms with Crippen molar-refractivity contribution in [3.8, 4) is 0 Å². The van der Waals surface area contributed by atoms with Crippen molar-refractivity contribution < 1.29 is 4.39 Å². The molecule has 0 bridgehead atoms. The normalized spacial score (nSPS) is 29.1. The number of nitrogens with two attached hydrogens (primary N) is 1. The molecule has 1 fully saturated rings. The van der Waals surface area contributed by atoms with Crippen molar-refractivity contribution in [2.75, 3.05) is 13.6 Å². The van der Waals surface area contributed by atoms with Crippen LogP contribution in [0.1, 0.15) is 39.2 Å². The lowest BCUT2D eigenvalue weighted by molar-refractivity contribution is 0.0785. The third kappa shape index (κ3) is 2.89. The first-order valence-corrected chi connectivity index (χ1v) is 7.45. The van der Waals surface area contributed by atoms with Gasteiger partial charge in [0.05, 0.1) is 0 Å². The lowest BCUT2D eigenvalue weighted by Gasteiger charge is -2.42. The Morgan fingerprint density at radius 2 is 2.10 bits per heavy atom. The van der Waals surface area contributed by atoms with Crippen LogP contribution in [0, 0.1) is 17.2 Å². The number of rotatable bonds is 4. The first kappa shape index (κ1) is 15.5. The molecule has 1 aliphatic rings. The van der Waals surface area contributed by atoms with Gasteiger partial charge in [-0.3, -0.25) is 4.90 Å². The molecule has 0 heterocycles. The van der Waals surface area contributed by atoms with Crippen LogP contribution in [0.4, 0.5) is 4.39 Å². The summed E-state index contributed by atoms with van der Waals surface area (Å²) in [4.78, 5) is 2.33. The summed E-state index contributed by atoms with van der Waals surface area (Å²) in [6.07, 6.45) is 2.29. The fourth-order valence-corrected chi connectivity index (χ4v) is 4.10. The Balaban J connectivity index is 2.20. The van der Waals surface area contributed by atoms with Crippen LogP contribution < -0.4 is 5.73 Å². The maximum absolute atomic E-state index is 13.3. The van der Waals surface area contributed by atoms with Crippen molar-refractivity contribution in [2.45, 2.75) is 45.7 Å². The average molecular weight is 278 g/mol. The smallest absolute Gasteiger partial charge is 0.123 e. The van der Waals surface area contributed by atoms with Crippen LogP contribution in [-0.2, 0) is 6.54 Å². The van der Waals surface area contributed by atoms with Crippen molar-refractivity contribution in [2.24, 2.45) is 17.1 Å². The number of hydrogen-bond acceptors (Lipinski definition) is 2. The van der Waals surface area contributed by atoms with E-state index in [1.807, 2.05) is 6.07 Å². The van der Waals surface area contributed by atoms with E-state index < -0.39 is 0 Å². The minimum atomic E-state index is -0.169. The van der Waals surface area contributed by atoms with Crippen molar-refractivity contribution in [1.29, 1.82) is 0 Å². The number of benzene rings is 1. The Labute approximate surface area is 122 Å². The van der Waals surface area contributed by atoms with Crippen LogP contribution >= 0.6 is 0 Å². The highest BCUT2D eigenvalue weighted by atomic mass is 19.1. The van der Waals surface area contributed by atoms with E-state index in [1.165, 1.54) is 12.5 Å². The maximum Gasteiger partial charge on any atom is 0.123 e. The van der Waals surface area contributed by atoms with E-state index in [-0.39, 0.29) is 11.4 Å². The fraction of sp³-hybridized carbons (Fsp3) is 0.647. The van der Waals surface area contributed by atoms with Crippen LogP contribution in [0.25, 0.3) is 0 Å². The second kappa shape index (κ2) is 5.45. The molecule has 0 spiro atoms. The topological polar surface area (TPSA) is 29.3 Å². The molecule has 2 nitrogen and oxygen atoms in total. The van der Waals surface area contributed by atoms with Gasteiger partial charge in [-0.15, -0.1) is 0 Å². The van der Waals surface area contributed by atoms with Gasteiger partial charge < -0.3 is 5.73 Å². The highest BCUT2D eigenvalue weighted by Gasteiger charge is 2.49. The summed E-state index contributed by atoms with van der Waals surface area (Å²) in [6.45, 7) is 8.33. The van der Waals surface area contributed by atoms with Crippen LogP contribution in [0.2, 0.25) is 0 Å². The summed E-state index contributed by atoms with van der Waals surface area (Å²) in [5.74, 6) is 0.388. The Kier molecular flexibility index (Phi) is 4.22. The molecule has 0 aromatic heterocycles. The van der Waals surface area contributed by atoms with Crippen LogP contribution in [-0.4, -0.2) is 24.0 Å². The van der Waals surface area contributed by atoms with Gasteiger partial charge in [-0.2, -0.15) is 0 Å². The predicted octanol–water partition coefficient (Wildman–Crippen LogP) is 3.41. The molecule has 20 heavy (non-hydrogen) atoms. The third-order valence-corrected chi connectivity index (χ3v) is 4.98. The predicted molar refractivity (Wildman–Crippen MR) is 81.8 cm³/mol. The highest BCUT2D eigenvalue weighted by Crippen LogP contribution is 2.49. The summed E-state index contributed by atoms with van der Waals surface area (Å²) in [5, 5.41) is 0. The molecule has 0 aliphatic heterocycles. The summed E-state index contributed by atoms with van der Waals surface area (Å²) < 4.78 is 13.3. The van der Waals surface area contributed by atoms with Crippen molar-refractivity contribution in [3.05, 3.63) is 35.6 Å². The van der Waals surface area contributed by atoms with E-state index in [2.05, 4.69) is 32.7 Å². The van der Waals surface area contributed by atoms with E-state index in [4.69, 9.17) is 5.73 Å². The first-order valence-electron chi connectivity index (χ1n) is 7.45. The Morgan fingerprint density at radius 1 is 1.40 bits per heavy atom. The van der Waals surface area contributed by atoms with Gasteiger partial charge in [0.1, 0.15) is 5.82 Å². The molecule has 2 unspecified atom stereocenters. The molecule has 0 radical (unpaired) electrons. The number of halogens is 1. The van der Waals surface area contributed by atoms with Gasteiger partial charge >= 0.3 is 0 Å². The fourth-order valence-electron chi connectivity index (χ4n) is 4.10. The van der Waals surface area contributed by atoms with Crippen LogP contribution in [0.15, 0.2) is 24.3 Å². The Morgan fingerprint density at radius 3 is 2.60 bits per heavy atom. The molecule has 1 aromatic carbocycles. The van der Waals surface area contributed by atoms with Gasteiger partial charge in [0.15, 0.2) is 0 Å². The molecule has 0 amide bonds. The average Bonchev–Trinajstić information content (AvgIpc) is 2.59. The summed E-state index contributed by atoms with van der Waals surface area (Å²) in [5.41, 5.74) is 7.51. The van der Waals surface area contributed by atoms with E-state index in [0.29, 0.717) is 17.9 Å². The molecule has 1 aliphatic carbocycles. The molecule has 2 atom stereocenters. The zero-order valence-electron chi connectivity index (χ0n) is 13.1. The zero-order chi connectivity index (χ0) is 15.0. The van der Waals surface area contributed by atoms with Gasteiger partial charge in [0.2, 0.25) is 0 Å². The van der Waals surface area contributed by atoms with Gasteiger partial charge in [0.25, 0.3) is 0 Å². The minimum absolute atomic E-state index is 0.0236. The Hall–Kier alpha value is -0.930. The molecule has 2 N–H and O–H groups in total. The second-order valence-electron chi connectivity index (χ2n) is 7.24. The maximum atomic E-state index is 13.3. The molecule has 112 valence electrons. The summed E-state index contributed by atoms with van der Waals surface area (Å²) in [7, 11) is 2.12. The molecular formula is C17H27FN2. The number of hydrogen-bond donors (Lipinski definition) is 1. The van der Waals surface area contributed by atoms with E-state index in [0.717, 1.165) is 18.5 Å². The molecule has 1 aromatic rings. The van der Waals surface area contributed by atoms with Crippen molar-refractivity contribution in [1.82, 2.24) is 4.90 Å². The van der Waals surface area contributed by atoms with Crippen LogP contribution in [0.3, 0.4) is 0 Å². The second-order valence-corrected chi connectivity index (χ2v) is 7.24. The first-order chi connectivity index (χ1) is 9.29. The SMILES string of the molecule is CC1CC(C)(C)CC1(CN)N(C)Cc1cccc(F)c1. The van der Waals surface area contributed by atoms with Gasteiger partial charge in [0, 0.05) is 18.6 Å². The molecule has 0 saturated heterocycles. The molecule has 1 saturated carbocycles. The van der Waals surface area contributed by atoms with E-state index in [9.17, 15) is 4.39 Å².